The van der Waals surface area contributed by atoms with Crippen LogP contribution in [0.1, 0.15) is 31.1 Å². The molecule has 4 heteroatoms. The topological polar surface area (TPSA) is 40.6 Å². The zero-order valence-electron chi connectivity index (χ0n) is 15.7. The first-order valence-electron chi connectivity index (χ1n) is 9.22. The van der Waals surface area contributed by atoms with Crippen molar-refractivity contribution in [3.63, 3.8) is 0 Å². The van der Waals surface area contributed by atoms with Gasteiger partial charge in [-0.3, -0.25) is 9.59 Å². The van der Waals surface area contributed by atoms with Crippen LogP contribution in [0.3, 0.4) is 0 Å². The van der Waals surface area contributed by atoms with E-state index in [2.05, 4.69) is 13.8 Å². The van der Waals surface area contributed by atoms with Crippen molar-refractivity contribution < 1.29 is 9.59 Å². The first-order valence-corrected chi connectivity index (χ1v) is 9.22. The molecule has 2 aromatic rings. The maximum Gasteiger partial charge on any atom is 0.254 e. The first-order chi connectivity index (χ1) is 12.5. The van der Waals surface area contributed by atoms with Gasteiger partial charge in [0, 0.05) is 25.2 Å². The smallest absolute Gasteiger partial charge is 0.254 e. The number of benzene rings is 2. The molecule has 1 atom stereocenters. The summed E-state index contributed by atoms with van der Waals surface area (Å²) in [4.78, 5) is 29.2. The predicted molar refractivity (Wildman–Crippen MR) is 104 cm³/mol. The van der Waals surface area contributed by atoms with Gasteiger partial charge in [-0.05, 0) is 36.1 Å². The monoisotopic (exact) mass is 350 g/mol. The van der Waals surface area contributed by atoms with E-state index in [0.29, 0.717) is 24.6 Å². The van der Waals surface area contributed by atoms with Crippen molar-refractivity contribution in [2.24, 2.45) is 5.92 Å². The van der Waals surface area contributed by atoms with Gasteiger partial charge in [-0.25, -0.2) is 0 Å². The van der Waals surface area contributed by atoms with Gasteiger partial charge in [0.1, 0.15) is 6.04 Å². The van der Waals surface area contributed by atoms with Crippen LogP contribution in [-0.4, -0.2) is 47.3 Å². The summed E-state index contributed by atoms with van der Waals surface area (Å²) in [6.45, 7) is 7.96. The highest BCUT2D eigenvalue weighted by atomic mass is 16.2. The van der Waals surface area contributed by atoms with Crippen molar-refractivity contribution in [3.05, 3.63) is 60.2 Å². The molecule has 26 heavy (non-hydrogen) atoms. The van der Waals surface area contributed by atoms with E-state index in [1.807, 2.05) is 66.4 Å². The highest BCUT2D eigenvalue weighted by Crippen LogP contribution is 2.22. The molecule has 3 rings (SSSR count). The van der Waals surface area contributed by atoms with Gasteiger partial charge in [0.25, 0.3) is 5.91 Å². The Labute approximate surface area is 155 Å². The summed E-state index contributed by atoms with van der Waals surface area (Å²) in [6, 6.07) is 17.2. The van der Waals surface area contributed by atoms with Gasteiger partial charge in [0.05, 0.1) is 0 Å². The lowest BCUT2D eigenvalue weighted by Gasteiger charge is -2.39. The molecule has 0 spiro atoms. The lowest BCUT2D eigenvalue weighted by Crippen LogP contribution is -2.58. The second-order valence-electron chi connectivity index (χ2n) is 7.30. The third-order valence-corrected chi connectivity index (χ3v) is 4.81. The summed E-state index contributed by atoms with van der Waals surface area (Å²) in [7, 11) is 0. The Morgan fingerprint density at radius 2 is 1.73 bits per heavy atom. The number of hydrogen-bond acceptors (Lipinski definition) is 2. The Kier molecular flexibility index (Phi) is 5.40. The Hall–Kier alpha value is -2.62. The molecule has 0 aromatic heterocycles. The maximum absolute atomic E-state index is 13.0. The molecule has 0 radical (unpaired) electrons. The Balaban J connectivity index is 1.79. The van der Waals surface area contributed by atoms with E-state index >= 15 is 0 Å². The fourth-order valence-corrected chi connectivity index (χ4v) is 3.46. The van der Waals surface area contributed by atoms with Gasteiger partial charge in [-0.2, -0.15) is 0 Å². The Morgan fingerprint density at radius 1 is 1.04 bits per heavy atom. The average Bonchev–Trinajstić information content (AvgIpc) is 2.66. The largest absolute Gasteiger partial charge is 0.339 e. The number of piperazine rings is 1. The molecule has 2 aromatic carbocycles. The molecular weight excluding hydrogens is 324 g/mol. The number of nitrogens with zero attached hydrogens (tertiary/aromatic N) is 2. The van der Waals surface area contributed by atoms with Crippen LogP contribution >= 0.6 is 0 Å². The fourth-order valence-electron chi connectivity index (χ4n) is 3.46. The van der Waals surface area contributed by atoms with Crippen LogP contribution in [0.4, 0.5) is 0 Å². The van der Waals surface area contributed by atoms with Gasteiger partial charge in [0.15, 0.2) is 0 Å². The summed E-state index contributed by atoms with van der Waals surface area (Å²) >= 11 is 0. The van der Waals surface area contributed by atoms with Gasteiger partial charge in [-0.1, -0.05) is 56.3 Å². The van der Waals surface area contributed by atoms with E-state index in [1.54, 1.807) is 4.90 Å². The molecule has 1 fully saturated rings. The van der Waals surface area contributed by atoms with E-state index in [1.165, 1.54) is 0 Å². The zero-order valence-corrected chi connectivity index (χ0v) is 15.7. The van der Waals surface area contributed by atoms with Crippen molar-refractivity contribution >= 4 is 11.8 Å². The maximum atomic E-state index is 13.0. The third kappa shape index (κ3) is 3.79. The van der Waals surface area contributed by atoms with Crippen molar-refractivity contribution in [1.29, 1.82) is 0 Å². The molecule has 1 heterocycles. The first kappa shape index (κ1) is 18.2. The lowest BCUT2D eigenvalue weighted by molar-refractivity contribution is -0.140. The van der Waals surface area contributed by atoms with Crippen molar-refractivity contribution in [1.82, 2.24) is 9.80 Å². The standard InChI is InChI=1S/C22H26N2O2/c1-16(2)15-23-12-13-24(17(3)21(23)25)22(26)20-11-7-10-19(14-20)18-8-5-4-6-9-18/h4-11,14,16-17H,12-13,15H2,1-3H3/t17-/m1/s1. The van der Waals surface area contributed by atoms with Crippen molar-refractivity contribution in [2.75, 3.05) is 19.6 Å². The normalized spacial score (nSPS) is 17.7. The quantitative estimate of drug-likeness (QED) is 0.844. The van der Waals surface area contributed by atoms with Gasteiger partial charge >= 0.3 is 0 Å². The molecule has 136 valence electrons. The van der Waals surface area contributed by atoms with Crippen molar-refractivity contribution in [3.8, 4) is 11.1 Å². The number of carbonyl (C=O) groups excluding carboxylic acids is 2. The summed E-state index contributed by atoms with van der Waals surface area (Å²) in [5.41, 5.74) is 2.71. The molecule has 0 aliphatic carbocycles. The molecule has 0 unspecified atom stereocenters. The molecule has 1 aliphatic heterocycles. The van der Waals surface area contributed by atoms with Crippen LogP contribution in [-0.2, 0) is 4.79 Å². The minimum Gasteiger partial charge on any atom is -0.339 e. The minimum absolute atomic E-state index is 0.0394. The molecule has 1 saturated heterocycles. The van der Waals surface area contributed by atoms with Crippen LogP contribution < -0.4 is 0 Å². The van der Waals surface area contributed by atoms with Crippen LogP contribution in [0, 0.1) is 5.92 Å². The molecule has 0 N–H and O–H groups in total. The average molecular weight is 350 g/mol. The van der Waals surface area contributed by atoms with Crippen molar-refractivity contribution in [2.45, 2.75) is 26.8 Å². The van der Waals surface area contributed by atoms with E-state index in [4.69, 9.17) is 0 Å². The number of rotatable bonds is 4. The van der Waals surface area contributed by atoms with Gasteiger partial charge in [-0.15, -0.1) is 0 Å². The van der Waals surface area contributed by atoms with E-state index in [0.717, 1.165) is 17.7 Å². The molecule has 4 nitrogen and oxygen atoms in total. The summed E-state index contributed by atoms with van der Waals surface area (Å²) in [5.74, 6) is 0.390. The third-order valence-electron chi connectivity index (χ3n) is 4.81. The lowest BCUT2D eigenvalue weighted by atomic mass is 10.0. The zero-order chi connectivity index (χ0) is 18.7. The number of carbonyl (C=O) groups is 2. The summed E-state index contributed by atoms with van der Waals surface area (Å²) in [5, 5.41) is 0. The molecular formula is C22H26N2O2. The second-order valence-corrected chi connectivity index (χ2v) is 7.30. The van der Waals surface area contributed by atoms with E-state index < -0.39 is 6.04 Å². The molecule has 1 aliphatic rings. The van der Waals surface area contributed by atoms with Gasteiger partial charge in [0.2, 0.25) is 5.91 Å². The predicted octanol–water partition coefficient (Wildman–Crippen LogP) is 3.68. The fraction of sp³-hybridized carbons (Fsp3) is 0.364. The minimum atomic E-state index is -0.421. The second kappa shape index (κ2) is 7.73. The van der Waals surface area contributed by atoms with Gasteiger partial charge < -0.3 is 9.80 Å². The highest BCUT2D eigenvalue weighted by molar-refractivity contribution is 5.99. The van der Waals surface area contributed by atoms with Crippen LogP contribution in [0.2, 0.25) is 0 Å². The summed E-state index contributed by atoms with van der Waals surface area (Å²) < 4.78 is 0. The highest BCUT2D eigenvalue weighted by Gasteiger charge is 2.34. The number of hydrogen-bond donors (Lipinski definition) is 0. The van der Waals surface area contributed by atoms with Crippen LogP contribution in [0.15, 0.2) is 54.6 Å². The van der Waals surface area contributed by atoms with E-state index in [9.17, 15) is 9.59 Å². The molecule has 0 bridgehead atoms. The van der Waals surface area contributed by atoms with Crippen LogP contribution in [0.25, 0.3) is 11.1 Å². The Morgan fingerprint density at radius 3 is 2.42 bits per heavy atom. The molecule has 0 saturated carbocycles. The van der Waals surface area contributed by atoms with E-state index in [-0.39, 0.29) is 11.8 Å². The SMILES string of the molecule is CC(C)CN1CCN(C(=O)c2cccc(-c3ccccc3)c2)[C@H](C)C1=O. The van der Waals surface area contributed by atoms with Crippen LogP contribution in [0.5, 0.6) is 0 Å². The summed E-state index contributed by atoms with van der Waals surface area (Å²) in [6.07, 6.45) is 0. The number of amides is 2. The molecule has 2 amide bonds. The Bertz CT molecular complexity index is 786.